The number of carbonyl (C=O) groups excluding carboxylic acids is 1. The summed E-state index contributed by atoms with van der Waals surface area (Å²) in [6, 6.07) is 0. The summed E-state index contributed by atoms with van der Waals surface area (Å²) in [5, 5.41) is 0. The van der Waals surface area contributed by atoms with Crippen LogP contribution in [0, 0.1) is 12.8 Å². The Morgan fingerprint density at radius 2 is 1.64 bits per heavy atom. The van der Waals surface area contributed by atoms with Crippen molar-refractivity contribution >= 4 is 12.5 Å². The molecule has 0 saturated heterocycles. The van der Waals surface area contributed by atoms with Crippen LogP contribution in [0.5, 0.6) is 0 Å². The number of rotatable bonds is 3. The Labute approximate surface area is 89.8 Å². The molecule has 0 saturated carbocycles. The maximum Gasteiger partial charge on any atom is 0.129 e. The molecule has 0 bridgehead atoms. The summed E-state index contributed by atoms with van der Waals surface area (Å²) in [7, 11) is 1.64. The van der Waals surface area contributed by atoms with Gasteiger partial charge in [-0.1, -0.05) is 27.2 Å². The molecule has 0 aliphatic heterocycles. The second-order valence-electron chi connectivity index (χ2n) is 2.12. The molecule has 0 amide bonds. The summed E-state index contributed by atoms with van der Waals surface area (Å²) in [5.41, 5.74) is 0. The van der Waals surface area contributed by atoms with Crippen molar-refractivity contribution in [3.05, 3.63) is 0 Å². The van der Waals surface area contributed by atoms with E-state index in [1.54, 1.807) is 14.0 Å². The molecule has 0 spiro atoms. The van der Waals surface area contributed by atoms with Gasteiger partial charge < -0.3 is 9.79 Å². The third-order valence-corrected chi connectivity index (χ3v) is 0.882. The third-order valence-electron chi connectivity index (χ3n) is 0.882. The van der Waals surface area contributed by atoms with Crippen LogP contribution >= 0.6 is 0 Å². The molecule has 0 fully saturated rings. The van der Waals surface area contributed by atoms with Gasteiger partial charge in [-0.15, -0.1) is 12.8 Å². The van der Waals surface area contributed by atoms with Crippen molar-refractivity contribution in [3.8, 4) is 12.8 Å². The summed E-state index contributed by atoms with van der Waals surface area (Å²) in [4.78, 5) is 13.5. The normalized spacial score (nSPS) is 5.93. The Hall–Kier alpha value is -1.10. The number of ketones is 1. The van der Waals surface area contributed by atoms with Crippen molar-refractivity contribution < 1.29 is 4.79 Å². The van der Waals surface area contributed by atoms with Crippen molar-refractivity contribution in [1.82, 2.24) is 0 Å². The lowest BCUT2D eigenvalue weighted by Crippen LogP contribution is -1.86. The monoisotopic (exact) mass is 199 g/mol. The minimum atomic E-state index is 0.307. The largest absolute Gasteiger partial charge is 0.304 e. The van der Waals surface area contributed by atoms with Gasteiger partial charge in [-0.2, -0.15) is 0 Å². The van der Waals surface area contributed by atoms with Crippen LogP contribution in [-0.4, -0.2) is 19.5 Å². The van der Waals surface area contributed by atoms with Crippen molar-refractivity contribution in [3.63, 3.8) is 0 Å². The molecule has 14 heavy (non-hydrogen) atoms. The Morgan fingerprint density at radius 3 is 1.71 bits per heavy atom. The Balaban J connectivity index is -0.0000000603. The van der Waals surface area contributed by atoms with Crippen LogP contribution < -0.4 is 0 Å². The molecule has 0 aromatic carbocycles. The first-order valence-corrected chi connectivity index (χ1v) is 4.86. The third kappa shape index (κ3) is 127. The van der Waals surface area contributed by atoms with Crippen molar-refractivity contribution in [1.29, 1.82) is 0 Å². The zero-order valence-electron chi connectivity index (χ0n) is 10.3. The molecule has 84 valence electrons. The van der Waals surface area contributed by atoms with Gasteiger partial charge in [0.05, 0.1) is 0 Å². The lowest BCUT2D eigenvalue weighted by Gasteiger charge is -1.86. The van der Waals surface area contributed by atoms with E-state index in [0.717, 1.165) is 19.3 Å². The van der Waals surface area contributed by atoms with Crippen LogP contribution in [0.4, 0.5) is 0 Å². The van der Waals surface area contributed by atoms with Crippen LogP contribution in [-0.2, 0) is 4.79 Å². The van der Waals surface area contributed by atoms with Crippen LogP contribution in [0.15, 0.2) is 4.99 Å². The van der Waals surface area contributed by atoms with E-state index in [1.165, 1.54) is 0 Å². The van der Waals surface area contributed by atoms with E-state index < -0.39 is 0 Å². The molecule has 0 aromatic heterocycles. The molecule has 0 heterocycles. The Kier molecular flexibility index (Phi) is 66.9. The van der Waals surface area contributed by atoms with E-state index in [0.29, 0.717) is 5.78 Å². The summed E-state index contributed by atoms with van der Waals surface area (Å²) in [6.07, 6.45) is 10.9. The molecule has 0 atom stereocenters. The van der Waals surface area contributed by atoms with E-state index in [9.17, 15) is 4.79 Å². The molecule has 0 N–H and O–H groups in total. The molecule has 0 radical (unpaired) electrons. The van der Waals surface area contributed by atoms with Gasteiger partial charge in [-0.3, -0.25) is 0 Å². The van der Waals surface area contributed by atoms with E-state index in [4.69, 9.17) is 0 Å². The predicted molar refractivity (Wildman–Crippen MR) is 66.9 cm³/mol. The van der Waals surface area contributed by atoms with Gasteiger partial charge >= 0.3 is 0 Å². The molecule has 0 rings (SSSR count). The maximum atomic E-state index is 10.2. The number of unbranched alkanes of at least 4 members (excludes halogenated alkanes) is 1. The lowest BCUT2D eigenvalue weighted by atomic mass is 10.2. The summed E-state index contributed by atoms with van der Waals surface area (Å²) in [5.74, 6) is 0.307. The number of Topliss-reactive ketones (excluding diaryl/α,β-unsaturated/α-hetero) is 1. The highest BCUT2D eigenvalue weighted by Gasteiger charge is 1.87. The SMILES string of the molecule is C#C.C=NC.CC.CCCCC(C)=O. The zero-order valence-corrected chi connectivity index (χ0v) is 10.3. The second-order valence-corrected chi connectivity index (χ2v) is 2.12. The predicted octanol–water partition coefficient (Wildman–Crippen LogP) is 3.36. The fourth-order valence-corrected chi connectivity index (χ4v) is 0.426. The standard InChI is InChI=1S/C6H12O.C2H5N.C2H6.C2H2/c1-3-4-5-6(2)7;1-3-2;2*1-2/h3-5H2,1-2H3;1H2,2H3;1-2H3;1-2H. The highest BCUT2D eigenvalue weighted by molar-refractivity contribution is 5.75. The minimum Gasteiger partial charge on any atom is -0.304 e. The highest BCUT2D eigenvalue weighted by Crippen LogP contribution is 1.92. The number of aliphatic imine (C=N–C) groups is 1. The first-order valence-electron chi connectivity index (χ1n) is 4.86. The van der Waals surface area contributed by atoms with Crippen LogP contribution in [0.3, 0.4) is 0 Å². The van der Waals surface area contributed by atoms with Gasteiger partial charge in [0.15, 0.2) is 0 Å². The van der Waals surface area contributed by atoms with Gasteiger partial charge in [0, 0.05) is 13.5 Å². The fourth-order valence-electron chi connectivity index (χ4n) is 0.426. The van der Waals surface area contributed by atoms with Gasteiger partial charge in [0.25, 0.3) is 0 Å². The quantitative estimate of drug-likeness (QED) is 0.506. The summed E-state index contributed by atoms with van der Waals surface area (Å²) < 4.78 is 0. The Bertz CT molecular complexity index is 117. The van der Waals surface area contributed by atoms with Crippen LogP contribution in [0.2, 0.25) is 0 Å². The van der Waals surface area contributed by atoms with E-state index in [2.05, 4.69) is 31.5 Å². The minimum absolute atomic E-state index is 0.307. The topological polar surface area (TPSA) is 29.4 Å². The summed E-state index contributed by atoms with van der Waals surface area (Å²) in [6.45, 7) is 10.8. The molecule has 0 unspecified atom stereocenters. The smallest absolute Gasteiger partial charge is 0.129 e. The molecular formula is C12H25NO. The van der Waals surface area contributed by atoms with Gasteiger partial charge in [0.2, 0.25) is 0 Å². The van der Waals surface area contributed by atoms with Crippen LogP contribution in [0.25, 0.3) is 0 Å². The Morgan fingerprint density at radius 1 is 1.36 bits per heavy atom. The molecular weight excluding hydrogens is 174 g/mol. The molecule has 0 aliphatic rings. The van der Waals surface area contributed by atoms with Gasteiger partial charge in [-0.05, 0) is 20.1 Å². The molecule has 0 aliphatic carbocycles. The number of carbonyl (C=O) groups is 1. The maximum absolute atomic E-state index is 10.2. The first kappa shape index (κ1) is 23.1. The second kappa shape index (κ2) is 40.6. The highest BCUT2D eigenvalue weighted by atomic mass is 16.1. The number of nitrogens with zero attached hydrogens (tertiary/aromatic N) is 1. The van der Waals surface area contributed by atoms with Crippen molar-refractivity contribution in [2.45, 2.75) is 47.0 Å². The van der Waals surface area contributed by atoms with Gasteiger partial charge in [-0.25, -0.2) is 0 Å². The number of hydrogen-bond donors (Lipinski definition) is 0. The average Bonchev–Trinajstić information content (AvgIpc) is 2.22. The number of hydrogen-bond acceptors (Lipinski definition) is 2. The zero-order chi connectivity index (χ0) is 12.4. The number of terminal acetylenes is 1. The van der Waals surface area contributed by atoms with E-state index in [1.807, 2.05) is 13.8 Å². The molecule has 0 aromatic rings. The van der Waals surface area contributed by atoms with Crippen LogP contribution in [0.1, 0.15) is 47.0 Å². The lowest BCUT2D eigenvalue weighted by molar-refractivity contribution is -0.117. The van der Waals surface area contributed by atoms with E-state index >= 15 is 0 Å². The fraction of sp³-hybridized carbons (Fsp3) is 0.667. The average molecular weight is 199 g/mol. The molecule has 2 heteroatoms. The van der Waals surface area contributed by atoms with Gasteiger partial charge in [0.1, 0.15) is 5.78 Å². The molecule has 2 nitrogen and oxygen atoms in total. The summed E-state index contributed by atoms with van der Waals surface area (Å²) >= 11 is 0. The van der Waals surface area contributed by atoms with Crippen molar-refractivity contribution in [2.75, 3.05) is 7.05 Å². The van der Waals surface area contributed by atoms with Crippen molar-refractivity contribution in [2.24, 2.45) is 4.99 Å². The first-order chi connectivity index (χ1) is 6.68. The van der Waals surface area contributed by atoms with E-state index in [-0.39, 0.29) is 0 Å².